The fourth-order valence-corrected chi connectivity index (χ4v) is 6.05. The summed E-state index contributed by atoms with van der Waals surface area (Å²) in [5, 5.41) is 0. The van der Waals surface area contributed by atoms with Gasteiger partial charge in [0.05, 0.1) is 11.5 Å². The van der Waals surface area contributed by atoms with Gasteiger partial charge in [0.1, 0.15) is 6.04 Å². The Morgan fingerprint density at radius 1 is 0.971 bits per heavy atom. The molecule has 1 atom stereocenters. The minimum Gasteiger partial charge on any atom is -0.450 e. The van der Waals surface area contributed by atoms with E-state index in [4.69, 9.17) is 4.74 Å². The maximum Gasteiger partial charge on any atom is 0.409 e. The normalized spacial score (nSPS) is 15.2. The quantitative estimate of drug-likeness (QED) is 0.648. The number of carbonyl (C=O) groups excluding carboxylic acids is 2. The average molecular weight is 488 g/mol. The molecule has 0 bridgehead atoms. The van der Waals surface area contributed by atoms with Crippen LogP contribution in [-0.2, 0) is 26.0 Å². The SMILES string of the molecule is CCOC(=O)N1CCN(C(=O)C(Cc2ccccc2)NS(=O)(=O)c2c(C)cc(C)cc2C)CC1. The highest BCUT2D eigenvalue weighted by Crippen LogP contribution is 2.23. The molecular formula is C25H33N3O5S. The van der Waals surface area contributed by atoms with Crippen molar-refractivity contribution in [2.75, 3.05) is 32.8 Å². The minimum absolute atomic E-state index is 0.205. The Balaban J connectivity index is 1.83. The second-order valence-corrected chi connectivity index (χ2v) is 10.3. The van der Waals surface area contributed by atoms with Gasteiger partial charge >= 0.3 is 6.09 Å². The zero-order valence-electron chi connectivity index (χ0n) is 20.2. The fraction of sp³-hybridized carbons (Fsp3) is 0.440. The first-order valence-corrected chi connectivity index (χ1v) is 12.9. The summed E-state index contributed by atoms with van der Waals surface area (Å²) in [6.07, 6.45) is -0.178. The maximum absolute atomic E-state index is 13.5. The first kappa shape index (κ1) is 25.7. The van der Waals surface area contributed by atoms with Gasteiger partial charge in [-0.05, 0) is 50.8 Å². The van der Waals surface area contributed by atoms with Crippen molar-refractivity contribution < 1.29 is 22.7 Å². The van der Waals surface area contributed by atoms with Gasteiger partial charge in [-0.3, -0.25) is 4.79 Å². The van der Waals surface area contributed by atoms with Crippen molar-refractivity contribution in [3.63, 3.8) is 0 Å². The monoisotopic (exact) mass is 487 g/mol. The molecule has 0 spiro atoms. The maximum atomic E-state index is 13.5. The Hall–Kier alpha value is -2.91. The molecule has 1 fully saturated rings. The highest BCUT2D eigenvalue weighted by atomic mass is 32.2. The number of benzene rings is 2. The summed E-state index contributed by atoms with van der Waals surface area (Å²) >= 11 is 0. The molecule has 1 aliphatic heterocycles. The third kappa shape index (κ3) is 6.15. The molecule has 184 valence electrons. The van der Waals surface area contributed by atoms with Crippen LogP contribution in [0.4, 0.5) is 4.79 Å². The number of hydrogen-bond donors (Lipinski definition) is 1. The number of hydrogen-bond acceptors (Lipinski definition) is 5. The van der Waals surface area contributed by atoms with Crippen LogP contribution in [0.5, 0.6) is 0 Å². The summed E-state index contributed by atoms with van der Waals surface area (Å²) in [5.41, 5.74) is 3.11. The summed E-state index contributed by atoms with van der Waals surface area (Å²) in [7, 11) is -3.95. The van der Waals surface area contributed by atoms with Crippen molar-refractivity contribution in [2.24, 2.45) is 0 Å². The lowest BCUT2D eigenvalue weighted by atomic mass is 10.1. The lowest BCUT2D eigenvalue weighted by Crippen LogP contribution is -2.56. The molecule has 1 N–H and O–H groups in total. The van der Waals surface area contributed by atoms with Crippen molar-refractivity contribution in [3.8, 4) is 0 Å². The van der Waals surface area contributed by atoms with Crippen LogP contribution in [0.15, 0.2) is 47.4 Å². The van der Waals surface area contributed by atoms with Gasteiger partial charge in [0, 0.05) is 26.2 Å². The van der Waals surface area contributed by atoms with Gasteiger partial charge in [-0.2, -0.15) is 4.72 Å². The zero-order chi connectivity index (χ0) is 24.9. The van der Waals surface area contributed by atoms with Crippen LogP contribution in [-0.4, -0.2) is 69.0 Å². The first-order valence-electron chi connectivity index (χ1n) is 11.5. The third-order valence-corrected chi connectivity index (χ3v) is 7.65. The second kappa shape index (κ2) is 11.0. The predicted octanol–water partition coefficient (Wildman–Crippen LogP) is 2.80. The zero-order valence-corrected chi connectivity index (χ0v) is 21.0. The van der Waals surface area contributed by atoms with Crippen molar-refractivity contribution in [3.05, 3.63) is 64.7 Å². The number of aryl methyl sites for hydroxylation is 3. The molecule has 3 rings (SSSR count). The molecule has 0 aliphatic carbocycles. The topological polar surface area (TPSA) is 96.0 Å². The number of amides is 2. The van der Waals surface area contributed by atoms with Crippen molar-refractivity contribution in [1.29, 1.82) is 0 Å². The molecule has 9 heteroatoms. The van der Waals surface area contributed by atoms with E-state index in [1.165, 1.54) is 0 Å². The molecule has 34 heavy (non-hydrogen) atoms. The van der Waals surface area contributed by atoms with Crippen LogP contribution in [0.1, 0.15) is 29.2 Å². The molecule has 1 unspecified atom stereocenters. The van der Waals surface area contributed by atoms with E-state index in [0.29, 0.717) is 37.3 Å². The molecule has 2 aromatic carbocycles. The molecular weight excluding hydrogens is 454 g/mol. The van der Waals surface area contributed by atoms with Crippen LogP contribution in [0, 0.1) is 20.8 Å². The number of rotatable bonds is 7. The van der Waals surface area contributed by atoms with Crippen molar-refractivity contribution in [1.82, 2.24) is 14.5 Å². The number of sulfonamides is 1. The van der Waals surface area contributed by atoms with E-state index >= 15 is 0 Å². The van der Waals surface area contributed by atoms with Gasteiger partial charge in [-0.25, -0.2) is 13.2 Å². The number of carbonyl (C=O) groups is 2. The Morgan fingerprint density at radius 2 is 1.53 bits per heavy atom. The molecule has 1 aliphatic rings. The van der Waals surface area contributed by atoms with E-state index < -0.39 is 22.2 Å². The fourth-order valence-electron chi connectivity index (χ4n) is 4.41. The molecule has 2 amide bonds. The van der Waals surface area contributed by atoms with Gasteiger partial charge in [0.2, 0.25) is 15.9 Å². The van der Waals surface area contributed by atoms with Gasteiger partial charge in [-0.1, -0.05) is 48.0 Å². The van der Waals surface area contributed by atoms with E-state index in [0.717, 1.165) is 11.1 Å². The number of ether oxygens (including phenoxy) is 1. The Kier molecular flexibility index (Phi) is 8.33. The molecule has 0 saturated carbocycles. The lowest BCUT2D eigenvalue weighted by Gasteiger charge is -2.36. The van der Waals surface area contributed by atoms with Crippen LogP contribution in [0.25, 0.3) is 0 Å². The minimum atomic E-state index is -3.95. The molecule has 0 radical (unpaired) electrons. The molecule has 1 heterocycles. The summed E-state index contributed by atoms with van der Waals surface area (Å²) in [6, 6.07) is 12.0. The number of nitrogens with zero attached hydrogens (tertiary/aromatic N) is 2. The smallest absolute Gasteiger partial charge is 0.409 e. The van der Waals surface area contributed by atoms with Gasteiger partial charge in [-0.15, -0.1) is 0 Å². The Morgan fingerprint density at radius 3 is 2.09 bits per heavy atom. The first-order chi connectivity index (χ1) is 16.1. The second-order valence-electron chi connectivity index (χ2n) is 8.60. The van der Waals surface area contributed by atoms with Crippen LogP contribution in [0.2, 0.25) is 0 Å². The van der Waals surface area contributed by atoms with Gasteiger partial charge in [0.15, 0.2) is 0 Å². The Labute approximate surface area is 201 Å². The highest BCUT2D eigenvalue weighted by molar-refractivity contribution is 7.89. The van der Waals surface area contributed by atoms with E-state index in [1.54, 1.807) is 30.6 Å². The van der Waals surface area contributed by atoms with Crippen molar-refractivity contribution in [2.45, 2.75) is 45.1 Å². The van der Waals surface area contributed by atoms with E-state index in [9.17, 15) is 18.0 Å². The van der Waals surface area contributed by atoms with Crippen LogP contribution < -0.4 is 4.72 Å². The third-order valence-electron chi connectivity index (χ3n) is 5.87. The molecule has 2 aromatic rings. The summed E-state index contributed by atoms with van der Waals surface area (Å²) in [5.74, 6) is -0.307. The lowest BCUT2D eigenvalue weighted by molar-refractivity contribution is -0.134. The van der Waals surface area contributed by atoms with Crippen molar-refractivity contribution >= 4 is 22.0 Å². The van der Waals surface area contributed by atoms with Crippen LogP contribution in [0.3, 0.4) is 0 Å². The average Bonchev–Trinajstić information content (AvgIpc) is 2.78. The van der Waals surface area contributed by atoms with Crippen LogP contribution >= 0.6 is 0 Å². The van der Waals surface area contributed by atoms with E-state index in [1.807, 2.05) is 49.4 Å². The summed E-state index contributed by atoms with van der Waals surface area (Å²) in [4.78, 5) is 28.9. The van der Waals surface area contributed by atoms with E-state index in [2.05, 4.69) is 4.72 Å². The Bertz CT molecular complexity index is 1100. The predicted molar refractivity (Wildman–Crippen MR) is 130 cm³/mol. The largest absolute Gasteiger partial charge is 0.450 e. The molecule has 8 nitrogen and oxygen atoms in total. The van der Waals surface area contributed by atoms with Gasteiger partial charge < -0.3 is 14.5 Å². The standard InChI is InChI=1S/C25H33N3O5S/c1-5-33-25(30)28-13-11-27(12-14-28)24(29)22(17-21-9-7-6-8-10-21)26-34(31,32)23-19(3)15-18(2)16-20(23)4/h6-10,15-16,22,26H,5,11-14,17H2,1-4H3. The van der Waals surface area contributed by atoms with E-state index in [-0.39, 0.29) is 23.8 Å². The number of piperazine rings is 1. The molecule has 1 saturated heterocycles. The number of nitrogens with one attached hydrogen (secondary N) is 1. The summed E-state index contributed by atoms with van der Waals surface area (Å²) < 4.78 is 34.6. The highest BCUT2D eigenvalue weighted by Gasteiger charge is 2.33. The van der Waals surface area contributed by atoms with Gasteiger partial charge in [0.25, 0.3) is 0 Å². The summed E-state index contributed by atoms with van der Waals surface area (Å²) in [6.45, 7) is 8.78. The molecule has 0 aromatic heterocycles.